The summed E-state index contributed by atoms with van der Waals surface area (Å²) in [5.41, 5.74) is 0. The monoisotopic (exact) mass is 225 g/mol. The van der Waals surface area contributed by atoms with Crippen LogP contribution < -0.4 is 5.32 Å². The Morgan fingerprint density at radius 2 is 1.94 bits per heavy atom. The van der Waals surface area contributed by atoms with Crippen molar-refractivity contribution in [3.63, 3.8) is 0 Å². The van der Waals surface area contributed by atoms with E-state index in [4.69, 9.17) is 11.2 Å². The lowest BCUT2D eigenvalue weighted by atomic mass is 10.1. The third-order valence-electron chi connectivity index (χ3n) is 2.33. The van der Waals surface area contributed by atoms with E-state index in [1.807, 2.05) is 13.8 Å². The van der Waals surface area contributed by atoms with Gasteiger partial charge in [0, 0.05) is 0 Å². The first-order chi connectivity index (χ1) is 7.69. The van der Waals surface area contributed by atoms with Crippen molar-refractivity contribution >= 4 is 5.97 Å². The number of hydrogen-bond acceptors (Lipinski definition) is 3. The maximum absolute atomic E-state index is 11.6. The van der Waals surface area contributed by atoms with Gasteiger partial charge < -0.3 is 4.74 Å². The molecule has 92 valence electrons. The Morgan fingerprint density at radius 3 is 2.38 bits per heavy atom. The highest BCUT2D eigenvalue weighted by Crippen LogP contribution is 2.04. The van der Waals surface area contributed by atoms with Gasteiger partial charge in [0.05, 0.1) is 12.6 Å². The summed E-state index contributed by atoms with van der Waals surface area (Å²) in [6.07, 6.45) is 9.00. The first-order valence-corrected chi connectivity index (χ1v) is 6.08. The molecule has 0 heterocycles. The van der Waals surface area contributed by atoms with Crippen LogP contribution in [0.1, 0.15) is 46.5 Å². The summed E-state index contributed by atoms with van der Waals surface area (Å²) >= 11 is 0. The standard InChI is InChI=1S/C13H23NO2/c1-5-9-11(7-3)14-12(10-6-2)13(15)16-8-4/h3,11-12,14H,5-6,8-10H2,1-2,4H3. The van der Waals surface area contributed by atoms with Crippen LogP contribution in [0.4, 0.5) is 0 Å². The maximum Gasteiger partial charge on any atom is 0.323 e. The first-order valence-electron chi connectivity index (χ1n) is 6.08. The third-order valence-corrected chi connectivity index (χ3v) is 2.33. The number of carbonyl (C=O) groups excluding carboxylic acids is 1. The minimum atomic E-state index is -0.266. The van der Waals surface area contributed by atoms with Gasteiger partial charge in [-0.05, 0) is 19.8 Å². The number of terminal acetylenes is 1. The molecule has 0 radical (unpaired) electrons. The van der Waals surface area contributed by atoms with Gasteiger partial charge in [0.15, 0.2) is 0 Å². The molecule has 3 heteroatoms. The number of ether oxygens (including phenoxy) is 1. The molecular weight excluding hydrogens is 202 g/mol. The van der Waals surface area contributed by atoms with Gasteiger partial charge in [-0.25, -0.2) is 0 Å². The van der Waals surface area contributed by atoms with E-state index in [2.05, 4.69) is 18.2 Å². The Bertz CT molecular complexity index is 233. The molecule has 16 heavy (non-hydrogen) atoms. The van der Waals surface area contributed by atoms with Crippen LogP contribution in [0.15, 0.2) is 0 Å². The minimum Gasteiger partial charge on any atom is -0.465 e. The Morgan fingerprint density at radius 1 is 1.31 bits per heavy atom. The summed E-state index contributed by atoms with van der Waals surface area (Å²) in [6.45, 7) is 6.34. The second kappa shape index (κ2) is 9.23. The van der Waals surface area contributed by atoms with E-state index in [9.17, 15) is 4.79 Å². The highest BCUT2D eigenvalue weighted by Gasteiger charge is 2.20. The van der Waals surface area contributed by atoms with Crippen LogP contribution in [0.25, 0.3) is 0 Å². The molecule has 0 amide bonds. The van der Waals surface area contributed by atoms with Crippen molar-refractivity contribution in [2.24, 2.45) is 0 Å². The largest absolute Gasteiger partial charge is 0.465 e. The molecule has 3 nitrogen and oxygen atoms in total. The van der Waals surface area contributed by atoms with E-state index in [0.29, 0.717) is 6.61 Å². The molecular formula is C13H23NO2. The number of rotatable bonds is 8. The minimum absolute atomic E-state index is 0.0362. The van der Waals surface area contributed by atoms with Crippen molar-refractivity contribution in [3.05, 3.63) is 0 Å². The van der Waals surface area contributed by atoms with E-state index in [-0.39, 0.29) is 18.1 Å². The van der Waals surface area contributed by atoms with E-state index >= 15 is 0 Å². The van der Waals surface area contributed by atoms with Crippen molar-refractivity contribution < 1.29 is 9.53 Å². The van der Waals surface area contributed by atoms with Gasteiger partial charge in [0.25, 0.3) is 0 Å². The molecule has 1 N–H and O–H groups in total. The quantitative estimate of drug-likeness (QED) is 0.508. The number of nitrogens with one attached hydrogen (secondary N) is 1. The van der Waals surface area contributed by atoms with Crippen LogP contribution in [0.5, 0.6) is 0 Å². The fourth-order valence-corrected chi connectivity index (χ4v) is 1.55. The molecule has 0 aliphatic heterocycles. The highest BCUT2D eigenvalue weighted by molar-refractivity contribution is 5.75. The van der Waals surface area contributed by atoms with Gasteiger partial charge in [0.2, 0.25) is 0 Å². The lowest BCUT2D eigenvalue weighted by molar-refractivity contribution is -0.146. The molecule has 0 aromatic rings. The summed E-state index contributed by atoms with van der Waals surface area (Å²) in [7, 11) is 0. The zero-order valence-corrected chi connectivity index (χ0v) is 10.6. The van der Waals surface area contributed by atoms with Crippen molar-refractivity contribution in [2.45, 2.75) is 58.5 Å². The smallest absolute Gasteiger partial charge is 0.323 e. The molecule has 0 aliphatic carbocycles. The van der Waals surface area contributed by atoms with E-state index < -0.39 is 0 Å². The predicted octanol–water partition coefficient (Wildman–Crippen LogP) is 2.11. The van der Waals surface area contributed by atoms with Gasteiger partial charge >= 0.3 is 5.97 Å². The molecule has 2 unspecified atom stereocenters. The molecule has 0 aromatic carbocycles. The summed E-state index contributed by atoms with van der Waals surface area (Å²) < 4.78 is 5.01. The second-order valence-corrected chi connectivity index (χ2v) is 3.77. The molecule has 0 fully saturated rings. The summed E-state index contributed by atoms with van der Waals surface area (Å²) in [6, 6.07) is -0.302. The van der Waals surface area contributed by atoms with Gasteiger partial charge in [-0.2, -0.15) is 0 Å². The van der Waals surface area contributed by atoms with Gasteiger partial charge in [-0.3, -0.25) is 10.1 Å². The van der Waals surface area contributed by atoms with Crippen molar-refractivity contribution in [1.82, 2.24) is 5.32 Å². The molecule has 0 saturated heterocycles. The zero-order chi connectivity index (χ0) is 12.4. The normalized spacial score (nSPS) is 13.9. The Balaban J connectivity index is 4.30. The lowest BCUT2D eigenvalue weighted by Crippen LogP contribution is -2.43. The maximum atomic E-state index is 11.6. The van der Waals surface area contributed by atoms with Crippen LogP contribution in [0.2, 0.25) is 0 Å². The molecule has 0 aliphatic rings. The summed E-state index contributed by atoms with van der Waals surface area (Å²) in [5.74, 6) is 2.48. The molecule has 0 aromatic heterocycles. The van der Waals surface area contributed by atoms with Crippen LogP contribution in [-0.4, -0.2) is 24.7 Å². The SMILES string of the molecule is C#CC(CCC)NC(CCC)C(=O)OCC. The average Bonchev–Trinajstić information content (AvgIpc) is 2.27. The Hall–Kier alpha value is -1.01. The molecule has 2 atom stereocenters. The van der Waals surface area contributed by atoms with E-state index in [1.165, 1.54) is 0 Å². The van der Waals surface area contributed by atoms with E-state index in [1.54, 1.807) is 0 Å². The Kier molecular flexibility index (Phi) is 8.65. The molecule has 0 bridgehead atoms. The predicted molar refractivity (Wildman–Crippen MR) is 66.0 cm³/mol. The number of carbonyl (C=O) groups is 1. The first kappa shape index (κ1) is 15.0. The van der Waals surface area contributed by atoms with Crippen molar-refractivity contribution in [1.29, 1.82) is 0 Å². The Labute approximate surface area is 98.9 Å². The molecule has 0 spiro atoms. The fourth-order valence-electron chi connectivity index (χ4n) is 1.55. The zero-order valence-electron chi connectivity index (χ0n) is 10.6. The van der Waals surface area contributed by atoms with Crippen LogP contribution in [0, 0.1) is 12.3 Å². The van der Waals surface area contributed by atoms with Crippen molar-refractivity contribution in [2.75, 3.05) is 6.61 Å². The lowest BCUT2D eigenvalue weighted by Gasteiger charge is -2.20. The number of hydrogen-bond donors (Lipinski definition) is 1. The number of esters is 1. The average molecular weight is 225 g/mol. The van der Waals surface area contributed by atoms with Gasteiger partial charge in [-0.15, -0.1) is 6.42 Å². The highest BCUT2D eigenvalue weighted by atomic mass is 16.5. The topological polar surface area (TPSA) is 38.3 Å². The van der Waals surface area contributed by atoms with Crippen LogP contribution in [0.3, 0.4) is 0 Å². The summed E-state index contributed by atoms with van der Waals surface area (Å²) in [4.78, 5) is 11.6. The fraction of sp³-hybridized carbons (Fsp3) is 0.769. The van der Waals surface area contributed by atoms with Crippen LogP contribution >= 0.6 is 0 Å². The van der Waals surface area contributed by atoms with Crippen molar-refractivity contribution in [3.8, 4) is 12.3 Å². The van der Waals surface area contributed by atoms with Gasteiger partial charge in [-0.1, -0.05) is 32.6 Å². The third kappa shape index (κ3) is 5.77. The molecule has 0 saturated carbocycles. The van der Waals surface area contributed by atoms with Gasteiger partial charge in [0.1, 0.15) is 6.04 Å². The molecule has 0 rings (SSSR count). The van der Waals surface area contributed by atoms with E-state index in [0.717, 1.165) is 25.7 Å². The van der Waals surface area contributed by atoms with Crippen LogP contribution in [-0.2, 0) is 9.53 Å². The summed E-state index contributed by atoms with van der Waals surface area (Å²) in [5, 5.41) is 3.18. The second-order valence-electron chi connectivity index (χ2n) is 3.77.